The Morgan fingerprint density at radius 1 is 0.844 bits per heavy atom. The zero-order valence-electron chi connectivity index (χ0n) is 17.9. The zero-order valence-corrected chi connectivity index (χ0v) is 17.9. The van der Waals surface area contributed by atoms with Gasteiger partial charge in [-0.3, -0.25) is 9.59 Å². The normalized spacial score (nSPS) is 18.1. The highest BCUT2D eigenvalue weighted by Crippen LogP contribution is 2.31. The molecule has 32 heavy (non-hydrogen) atoms. The van der Waals surface area contributed by atoms with E-state index in [0.717, 1.165) is 30.0 Å². The average molecular weight is 431 g/mol. The average Bonchev–Trinajstić information content (AvgIpc) is 3.08. The Bertz CT molecular complexity index is 1160. The van der Waals surface area contributed by atoms with Gasteiger partial charge in [-0.1, -0.05) is 30.3 Å². The first-order valence-electron chi connectivity index (χ1n) is 11.2. The van der Waals surface area contributed by atoms with E-state index >= 15 is 0 Å². The summed E-state index contributed by atoms with van der Waals surface area (Å²) in [5.41, 5.74) is 1.21. The van der Waals surface area contributed by atoms with Crippen LogP contribution in [0.3, 0.4) is 0 Å². The lowest BCUT2D eigenvalue weighted by molar-refractivity contribution is 0.0675. The van der Waals surface area contributed by atoms with Crippen molar-refractivity contribution in [3.8, 4) is 11.5 Å². The maximum Gasteiger partial charge on any atom is 0.254 e. The van der Waals surface area contributed by atoms with Crippen molar-refractivity contribution in [1.29, 1.82) is 0 Å². The number of piperidine rings is 1. The zero-order chi connectivity index (χ0) is 21.9. The molecule has 0 aliphatic carbocycles. The Balaban J connectivity index is 1.26. The number of fused-ring (bicyclic) bond motifs is 2. The van der Waals surface area contributed by atoms with E-state index in [1.807, 2.05) is 47.4 Å². The third-order valence-electron chi connectivity index (χ3n) is 6.05. The van der Waals surface area contributed by atoms with Gasteiger partial charge in [-0.2, -0.15) is 0 Å². The standard InChI is InChI=1S/C26H26N2O4/c29-25(20-9-8-18-5-1-2-6-19(18)15-20)27-22-7-3-12-28(17-22)26(30)21-10-11-23-24(16-21)32-14-4-13-31-23/h1-2,5-6,8-11,15-16,22H,3-4,7,12-14,17H2,(H,27,29). The summed E-state index contributed by atoms with van der Waals surface area (Å²) in [6, 6.07) is 19.0. The minimum absolute atomic E-state index is 0.0506. The predicted octanol–water partition coefficient (Wildman–Crippen LogP) is 4.04. The molecule has 1 unspecified atom stereocenters. The molecule has 0 spiro atoms. The topological polar surface area (TPSA) is 67.9 Å². The molecule has 2 heterocycles. The lowest BCUT2D eigenvalue weighted by Crippen LogP contribution is -2.49. The van der Waals surface area contributed by atoms with Gasteiger partial charge in [-0.25, -0.2) is 0 Å². The number of nitrogens with zero attached hydrogens (tertiary/aromatic N) is 1. The largest absolute Gasteiger partial charge is 0.490 e. The summed E-state index contributed by atoms with van der Waals surface area (Å²) < 4.78 is 11.4. The van der Waals surface area contributed by atoms with Crippen molar-refractivity contribution in [2.75, 3.05) is 26.3 Å². The smallest absolute Gasteiger partial charge is 0.254 e. The molecule has 2 aliphatic rings. The third-order valence-corrected chi connectivity index (χ3v) is 6.05. The molecule has 1 N–H and O–H groups in total. The molecule has 5 rings (SSSR count). The van der Waals surface area contributed by atoms with Crippen molar-refractivity contribution in [3.63, 3.8) is 0 Å². The number of carbonyl (C=O) groups is 2. The molecule has 0 bridgehead atoms. The van der Waals surface area contributed by atoms with E-state index in [0.29, 0.717) is 48.9 Å². The van der Waals surface area contributed by atoms with Crippen molar-refractivity contribution in [1.82, 2.24) is 10.2 Å². The number of amides is 2. The van der Waals surface area contributed by atoms with E-state index in [9.17, 15) is 9.59 Å². The Labute approximate surface area is 187 Å². The highest BCUT2D eigenvalue weighted by Gasteiger charge is 2.26. The minimum Gasteiger partial charge on any atom is -0.490 e. The second kappa shape index (κ2) is 8.91. The van der Waals surface area contributed by atoms with Crippen molar-refractivity contribution in [2.24, 2.45) is 0 Å². The van der Waals surface area contributed by atoms with Crippen LogP contribution in [-0.2, 0) is 0 Å². The molecule has 0 aromatic heterocycles. The molecule has 0 saturated carbocycles. The summed E-state index contributed by atoms with van der Waals surface area (Å²) in [6.07, 6.45) is 2.52. The van der Waals surface area contributed by atoms with Gasteiger partial charge < -0.3 is 19.7 Å². The second-order valence-electron chi connectivity index (χ2n) is 8.34. The summed E-state index contributed by atoms with van der Waals surface area (Å²) in [7, 11) is 0. The summed E-state index contributed by atoms with van der Waals surface area (Å²) in [5.74, 6) is 1.14. The third kappa shape index (κ3) is 4.26. The van der Waals surface area contributed by atoms with E-state index in [2.05, 4.69) is 5.32 Å². The molecule has 2 aliphatic heterocycles. The fourth-order valence-electron chi connectivity index (χ4n) is 4.36. The Hall–Kier alpha value is -3.54. The van der Waals surface area contributed by atoms with Crippen molar-refractivity contribution >= 4 is 22.6 Å². The van der Waals surface area contributed by atoms with Gasteiger partial charge in [-0.15, -0.1) is 0 Å². The molecular formula is C26H26N2O4. The summed E-state index contributed by atoms with van der Waals surface area (Å²) in [6.45, 7) is 2.37. The molecule has 6 heteroatoms. The number of hydrogen-bond donors (Lipinski definition) is 1. The molecular weight excluding hydrogens is 404 g/mol. The van der Waals surface area contributed by atoms with E-state index < -0.39 is 0 Å². The Morgan fingerprint density at radius 2 is 1.62 bits per heavy atom. The first kappa shape index (κ1) is 20.4. The quantitative estimate of drug-likeness (QED) is 0.681. The van der Waals surface area contributed by atoms with Crippen LogP contribution in [0, 0.1) is 0 Å². The molecule has 3 aromatic carbocycles. The molecule has 1 saturated heterocycles. The van der Waals surface area contributed by atoms with Gasteiger partial charge in [0.05, 0.1) is 13.2 Å². The monoisotopic (exact) mass is 430 g/mol. The highest BCUT2D eigenvalue weighted by molar-refractivity contribution is 5.99. The van der Waals surface area contributed by atoms with Crippen LogP contribution in [-0.4, -0.2) is 49.1 Å². The summed E-state index contributed by atoms with van der Waals surface area (Å²) in [5, 5.41) is 5.26. The van der Waals surface area contributed by atoms with Gasteiger partial charge in [0, 0.05) is 36.7 Å². The molecule has 2 amide bonds. The Morgan fingerprint density at radius 3 is 2.50 bits per heavy atom. The number of rotatable bonds is 3. The van der Waals surface area contributed by atoms with Crippen molar-refractivity contribution in [2.45, 2.75) is 25.3 Å². The van der Waals surface area contributed by atoms with Gasteiger partial charge >= 0.3 is 0 Å². The van der Waals surface area contributed by atoms with E-state index in [4.69, 9.17) is 9.47 Å². The maximum absolute atomic E-state index is 13.1. The van der Waals surface area contributed by atoms with Crippen LogP contribution in [0.4, 0.5) is 0 Å². The van der Waals surface area contributed by atoms with Crippen LogP contribution < -0.4 is 14.8 Å². The van der Waals surface area contributed by atoms with Gasteiger partial charge in [0.1, 0.15) is 0 Å². The number of benzene rings is 3. The van der Waals surface area contributed by atoms with E-state index in [1.54, 1.807) is 18.2 Å². The maximum atomic E-state index is 13.1. The van der Waals surface area contributed by atoms with E-state index in [-0.39, 0.29) is 17.9 Å². The second-order valence-corrected chi connectivity index (χ2v) is 8.34. The molecule has 1 fully saturated rings. The van der Waals surface area contributed by atoms with Crippen molar-refractivity contribution < 1.29 is 19.1 Å². The first-order valence-corrected chi connectivity index (χ1v) is 11.2. The number of carbonyl (C=O) groups excluding carboxylic acids is 2. The van der Waals surface area contributed by atoms with Crippen molar-refractivity contribution in [3.05, 3.63) is 71.8 Å². The molecule has 0 radical (unpaired) electrons. The lowest BCUT2D eigenvalue weighted by atomic mass is 10.0. The molecule has 164 valence electrons. The van der Waals surface area contributed by atoms with Crippen LogP contribution in [0.5, 0.6) is 11.5 Å². The SMILES string of the molecule is O=C(NC1CCCN(C(=O)c2ccc3c(c2)OCCCO3)C1)c1ccc2ccccc2c1. The number of nitrogens with one attached hydrogen (secondary N) is 1. The molecule has 6 nitrogen and oxygen atoms in total. The van der Waals surface area contributed by atoms with Crippen LogP contribution in [0.2, 0.25) is 0 Å². The number of hydrogen-bond acceptors (Lipinski definition) is 4. The first-order chi connectivity index (χ1) is 15.7. The van der Waals surface area contributed by atoms with Gasteiger partial charge in [0.15, 0.2) is 11.5 Å². The fourth-order valence-corrected chi connectivity index (χ4v) is 4.36. The van der Waals surface area contributed by atoms with Crippen LogP contribution in [0.15, 0.2) is 60.7 Å². The fraction of sp³-hybridized carbons (Fsp3) is 0.308. The van der Waals surface area contributed by atoms with Crippen LogP contribution in [0.1, 0.15) is 40.0 Å². The lowest BCUT2D eigenvalue weighted by Gasteiger charge is -2.33. The van der Waals surface area contributed by atoms with Gasteiger partial charge in [0.25, 0.3) is 11.8 Å². The predicted molar refractivity (Wildman–Crippen MR) is 122 cm³/mol. The van der Waals surface area contributed by atoms with E-state index in [1.165, 1.54) is 0 Å². The summed E-state index contributed by atoms with van der Waals surface area (Å²) >= 11 is 0. The number of likely N-dealkylation sites (tertiary alicyclic amines) is 1. The highest BCUT2D eigenvalue weighted by atomic mass is 16.5. The van der Waals surface area contributed by atoms with Crippen LogP contribution in [0.25, 0.3) is 10.8 Å². The number of ether oxygens (including phenoxy) is 2. The molecule has 3 aromatic rings. The van der Waals surface area contributed by atoms with Crippen LogP contribution >= 0.6 is 0 Å². The molecule has 1 atom stereocenters. The van der Waals surface area contributed by atoms with Gasteiger partial charge in [0.2, 0.25) is 0 Å². The minimum atomic E-state index is -0.106. The Kier molecular flexibility index (Phi) is 5.67. The summed E-state index contributed by atoms with van der Waals surface area (Å²) in [4.78, 5) is 27.8. The van der Waals surface area contributed by atoms with Gasteiger partial charge in [-0.05, 0) is 53.9 Å².